The Morgan fingerprint density at radius 3 is 2.65 bits per heavy atom. The zero-order chi connectivity index (χ0) is 25.0. The minimum absolute atomic E-state index is 0.0450. The summed E-state index contributed by atoms with van der Waals surface area (Å²) in [5.41, 5.74) is 3.58. The van der Waals surface area contributed by atoms with Crippen molar-refractivity contribution in [3.8, 4) is 0 Å². The standard InChI is InChI=1S/C27H37NO5S/c1-16-7-6-8-17(2)25(31)18(3)26(32)27(4,5)23(29)14-24(30)33-21(12-9-16)19-10-11-20-22(13-19)34-15-28-20/h9-11,13,15,17-18,21,23,25,29,31H,6-8,12,14H2,1-5H3/t17?,18?,21-,23?,25-/m0/s1. The highest BCUT2D eigenvalue weighted by Gasteiger charge is 2.42. The van der Waals surface area contributed by atoms with Crippen LogP contribution in [0, 0.1) is 17.3 Å². The molecule has 0 radical (unpaired) electrons. The first-order chi connectivity index (χ1) is 16.0. The van der Waals surface area contributed by atoms with Crippen LogP contribution in [0.4, 0.5) is 0 Å². The highest BCUT2D eigenvalue weighted by Crippen LogP contribution is 2.34. The largest absolute Gasteiger partial charge is 0.457 e. The lowest BCUT2D eigenvalue weighted by Gasteiger charge is -2.34. The van der Waals surface area contributed by atoms with Gasteiger partial charge < -0.3 is 14.9 Å². The van der Waals surface area contributed by atoms with Gasteiger partial charge in [0.05, 0.1) is 39.8 Å². The molecule has 1 aromatic heterocycles. The smallest absolute Gasteiger partial charge is 0.309 e. The van der Waals surface area contributed by atoms with Crippen molar-refractivity contribution in [2.45, 2.75) is 85.0 Å². The summed E-state index contributed by atoms with van der Waals surface area (Å²) < 4.78 is 6.88. The summed E-state index contributed by atoms with van der Waals surface area (Å²) in [4.78, 5) is 30.4. The van der Waals surface area contributed by atoms with Crippen LogP contribution in [0.3, 0.4) is 0 Å². The lowest BCUT2D eigenvalue weighted by Crippen LogP contribution is -2.45. The summed E-state index contributed by atoms with van der Waals surface area (Å²) in [6, 6.07) is 5.85. The van der Waals surface area contributed by atoms with Gasteiger partial charge in [-0.05, 0) is 49.8 Å². The van der Waals surface area contributed by atoms with Crippen LogP contribution in [-0.4, -0.2) is 39.2 Å². The Balaban J connectivity index is 1.90. The number of esters is 1. The fraction of sp³-hybridized carbons (Fsp3) is 0.593. The molecule has 0 bridgehead atoms. The maximum Gasteiger partial charge on any atom is 0.309 e. The molecule has 186 valence electrons. The summed E-state index contributed by atoms with van der Waals surface area (Å²) in [5.74, 6) is -1.49. The lowest BCUT2D eigenvalue weighted by atomic mass is 9.73. The third-order valence-electron chi connectivity index (χ3n) is 7.25. The Labute approximate surface area is 206 Å². The molecule has 1 aliphatic rings. The van der Waals surface area contributed by atoms with Gasteiger partial charge in [0.1, 0.15) is 11.9 Å². The second kappa shape index (κ2) is 11.1. The van der Waals surface area contributed by atoms with Crippen LogP contribution in [0.1, 0.15) is 78.4 Å². The van der Waals surface area contributed by atoms with Crippen molar-refractivity contribution < 1.29 is 24.5 Å². The number of carbonyl (C=O) groups is 2. The third-order valence-corrected chi connectivity index (χ3v) is 8.04. The average Bonchev–Trinajstić information content (AvgIpc) is 3.27. The number of ketones is 1. The molecule has 1 aromatic carbocycles. The normalized spacial score (nSPS) is 30.1. The topological polar surface area (TPSA) is 96.7 Å². The highest BCUT2D eigenvalue weighted by molar-refractivity contribution is 7.16. The molecule has 0 saturated carbocycles. The van der Waals surface area contributed by atoms with E-state index < -0.39 is 35.6 Å². The number of ether oxygens (including phenoxy) is 1. The molecular formula is C27H37NO5S. The zero-order valence-corrected chi connectivity index (χ0v) is 21.6. The van der Waals surface area contributed by atoms with Gasteiger partial charge in [-0.1, -0.05) is 45.4 Å². The second-order valence-electron chi connectivity index (χ2n) is 10.3. The number of allylic oxidation sites excluding steroid dienone is 1. The second-order valence-corrected chi connectivity index (χ2v) is 11.2. The first-order valence-corrected chi connectivity index (χ1v) is 13.0. The third kappa shape index (κ3) is 6.12. The molecule has 0 spiro atoms. The number of nitrogens with zero attached hydrogens (tertiary/aromatic N) is 1. The van der Waals surface area contributed by atoms with E-state index in [-0.39, 0.29) is 18.1 Å². The number of fused-ring (bicyclic) bond motifs is 1. The summed E-state index contributed by atoms with van der Waals surface area (Å²) in [6.07, 6.45) is 2.40. The number of cyclic esters (lactones) is 1. The van der Waals surface area contributed by atoms with E-state index in [1.165, 1.54) is 16.9 Å². The molecule has 1 aliphatic heterocycles. The van der Waals surface area contributed by atoms with Crippen LogP contribution >= 0.6 is 11.3 Å². The number of aliphatic hydroxyl groups excluding tert-OH is 2. The fourth-order valence-corrected chi connectivity index (χ4v) is 5.35. The van der Waals surface area contributed by atoms with Gasteiger partial charge in [0.2, 0.25) is 0 Å². The molecule has 0 saturated heterocycles. The van der Waals surface area contributed by atoms with Crippen molar-refractivity contribution in [1.82, 2.24) is 4.98 Å². The number of Topliss-reactive ketones (excluding diaryl/α,β-unsaturated/α-hetero) is 1. The number of benzene rings is 1. The molecule has 6 nitrogen and oxygen atoms in total. The zero-order valence-electron chi connectivity index (χ0n) is 20.8. The van der Waals surface area contributed by atoms with Gasteiger partial charge in [0.15, 0.2) is 0 Å². The summed E-state index contributed by atoms with van der Waals surface area (Å²) in [6.45, 7) is 8.99. The van der Waals surface area contributed by atoms with Gasteiger partial charge in [0.25, 0.3) is 0 Å². The number of thiazole rings is 1. The van der Waals surface area contributed by atoms with Gasteiger partial charge in [-0.25, -0.2) is 4.98 Å². The maximum absolute atomic E-state index is 13.2. The minimum Gasteiger partial charge on any atom is -0.457 e. The van der Waals surface area contributed by atoms with Crippen molar-refractivity contribution in [3.05, 3.63) is 40.9 Å². The minimum atomic E-state index is -1.22. The van der Waals surface area contributed by atoms with Crippen LogP contribution in [-0.2, 0) is 14.3 Å². The van der Waals surface area contributed by atoms with Crippen LogP contribution in [0.25, 0.3) is 10.2 Å². The van der Waals surface area contributed by atoms with Gasteiger partial charge >= 0.3 is 5.97 Å². The average molecular weight is 488 g/mol. The molecule has 2 heterocycles. The summed E-state index contributed by atoms with van der Waals surface area (Å²) in [5, 5.41) is 21.6. The van der Waals surface area contributed by atoms with Crippen molar-refractivity contribution in [2.24, 2.45) is 17.3 Å². The number of aromatic nitrogens is 1. The molecule has 3 rings (SSSR count). The van der Waals surface area contributed by atoms with Crippen LogP contribution in [0.5, 0.6) is 0 Å². The fourth-order valence-electron chi connectivity index (χ4n) is 4.63. The number of aliphatic hydroxyl groups is 2. The molecule has 0 aliphatic carbocycles. The predicted molar refractivity (Wildman–Crippen MR) is 134 cm³/mol. The van der Waals surface area contributed by atoms with Gasteiger partial charge in [0, 0.05) is 12.3 Å². The van der Waals surface area contributed by atoms with Crippen LogP contribution in [0.15, 0.2) is 35.4 Å². The van der Waals surface area contributed by atoms with Crippen molar-refractivity contribution in [3.63, 3.8) is 0 Å². The number of hydrogen-bond acceptors (Lipinski definition) is 7. The maximum atomic E-state index is 13.2. The molecule has 0 fully saturated rings. The van der Waals surface area contributed by atoms with E-state index >= 15 is 0 Å². The summed E-state index contributed by atoms with van der Waals surface area (Å²) >= 11 is 1.53. The van der Waals surface area contributed by atoms with Gasteiger partial charge in [-0.15, -0.1) is 11.3 Å². The molecule has 5 atom stereocenters. The van der Waals surface area contributed by atoms with E-state index in [2.05, 4.69) is 18.0 Å². The van der Waals surface area contributed by atoms with Crippen molar-refractivity contribution in [1.29, 1.82) is 0 Å². The van der Waals surface area contributed by atoms with E-state index in [1.807, 2.05) is 25.1 Å². The molecular weight excluding hydrogens is 450 g/mol. The first kappa shape index (κ1) is 26.5. The number of hydrogen-bond donors (Lipinski definition) is 2. The van der Waals surface area contributed by atoms with Gasteiger partial charge in [-0.3, -0.25) is 9.59 Å². The Kier molecular flexibility index (Phi) is 8.66. The Morgan fingerprint density at radius 1 is 1.18 bits per heavy atom. The Hall–Kier alpha value is -2.09. The Bertz CT molecular complexity index is 1040. The monoisotopic (exact) mass is 487 g/mol. The quantitative estimate of drug-likeness (QED) is 0.414. The highest BCUT2D eigenvalue weighted by atomic mass is 32.1. The van der Waals surface area contributed by atoms with E-state index in [1.54, 1.807) is 26.3 Å². The molecule has 2 aromatic rings. The van der Waals surface area contributed by atoms with Crippen molar-refractivity contribution >= 4 is 33.3 Å². The van der Waals surface area contributed by atoms with E-state index in [0.717, 1.165) is 35.0 Å². The van der Waals surface area contributed by atoms with Crippen molar-refractivity contribution in [2.75, 3.05) is 0 Å². The van der Waals surface area contributed by atoms with E-state index in [0.29, 0.717) is 6.42 Å². The molecule has 34 heavy (non-hydrogen) atoms. The summed E-state index contributed by atoms with van der Waals surface area (Å²) in [7, 11) is 0. The Morgan fingerprint density at radius 2 is 1.91 bits per heavy atom. The molecule has 2 N–H and O–H groups in total. The van der Waals surface area contributed by atoms with Crippen LogP contribution < -0.4 is 0 Å². The predicted octanol–water partition coefficient (Wildman–Crippen LogP) is 5.38. The van der Waals surface area contributed by atoms with Gasteiger partial charge in [-0.2, -0.15) is 0 Å². The molecule has 3 unspecified atom stereocenters. The number of rotatable bonds is 1. The first-order valence-electron chi connectivity index (χ1n) is 12.1. The lowest BCUT2D eigenvalue weighted by molar-refractivity contribution is -0.155. The van der Waals surface area contributed by atoms with E-state index in [4.69, 9.17) is 4.74 Å². The molecule has 0 amide bonds. The number of carbonyl (C=O) groups excluding carboxylic acids is 2. The SMILES string of the molecule is CC1=CC[C@@H](c2ccc3ncsc3c2)OC(=O)CC(O)C(C)(C)C(=O)C(C)[C@@H](O)C(C)CCC1. The van der Waals surface area contributed by atoms with Crippen LogP contribution in [0.2, 0.25) is 0 Å². The van der Waals surface area contributed by atoms with E-state index in [9.17, 15) is 19.8 Å². The molecule has 7 heteroatoms.